The van der Waals surface area contributed by atoms with E-state index in [9.17, 15) is 0 Å². The average molecular weight is 278 g/mol. The first-order valence-electron chi connectivity index (χ1n) is 6.69. The molecule has 102 valence electrons. The Bertz CT molecular complexity index is 554. The fourth-order valence-corrected chi connectivity index (χ4v) is 2.39. The van der Waals surface area contributed by atoms with E-state index in [-0.39, 0.29) is 0 Å². The summed E-state index contributed by atoms with van der Waals surface area (Å²) in [4.78, 5) is 2.27. The van der Waals surface area contributed by atoms with E-state index in [1.165, 1.54) is 10.8 Å². The molecule has 2 aromatic rings. The number of anilines is 1. The van der Waals surface area contributed by atoms with Crippen LogP contribution in [0.25, 0.3) is 10.8 Å². The number of halogens is 1. The first-order valence-corrected chi connectivity index (χ1v) is 7.23. The van der Waals surface area contributed by atoms with Gasteiger partial charge in [0.05, 0.1) is 5.69 Å². The lowest BCUT2D eigenvalue weighted by atomic mass is 10.1. The van der Waals surface area contributed by atoms with Crippen LogP contribution in [0.3, 0.4) is 0 Å². The van der Waals surface area contributed by atoms with Gasteiger partial charge in [-0.05, 0) is 27.2 Å². The fourth-order valence-electron chi connectivity index (χ4n) is 2.27. The monoisotopic (exact) mass is 277 g/mol. The van der Waals surface area contributed by atoms with Crippen LogP contribution >= 0.6 is 11.6 Å². The third kappa shape index (κ3) is 2.98. The molecule has 0 amide bonds. The highest BCUT2D eigenvalue weighted by molar-refractivity contribution is 6.17. The molecular weight excluding hydrogens is 258 g/mol. The number of aryl methyl sites for hydroxylation is 1. The molecule has 19 heavy (non-hydrogen) atoms. The molecule has 4 heteroatoms. The lowest BCUT2D eigenvalue weighted by Crippen LogP contribution is -2.33. The van der Waals surface area contributed by atoms with E-state index < -0.39 is 0 Å². The van der Waals surface area contributed by atoms with Gasteiger partial charge in [0.2, 0.25) is 0 Å². The maximum absolute atomic E-state index is 5.82. The van der Waals surface area contributed by atoms with Gasteiger partial charge in [-0.3, -0.25) is 0 Å². The Labute approximate surface area is 119 Å². The molecule has 0 aliphatic rings. The zero-order chi connectivity index (χ0) is 13.8. The number of nitrogens with zero attached hydrogens (tertiary/aromatic N) is 3. The van der Waals surface area contributed by atoms with Crippen LogP contribution in [0.1, 0.15) is 26.0 Å². The van der Waals surface area contributed by atoms with E-state index in [0.29, 0.717) is 11.9 Å². The lowest BCUT2D eigenvalue weighted by Gasteiger charge is -2.28. The molecule has 0 aliphatic heterocycles. The largest absolute Gasteiger partial charge is 0.352 e. The van der Waals surface area contributed by atoms with Crippen molar-refractivity contribution in [2.24, 2.45) is 0 Å². The zero-order valence-corrected chi connectivity index (χ0v) is 12.5. The number of fused-ring (bicyclic) bond motifs is 1. The number of hydrogen-bond acceptors (Lipinski definition) is 3. The Morgan fingerprint density at radius 2 is 1.84 bits per heavy atom. The third-order valence-corrected chi connectivity index (χ3v) is 3.55. The van der Waals surface area contributed by atoms with Gasteiger partial charge in [0.25, 0.3) is 0 Å². The van der Waals surface area contributed by atoms with E-state index in [1.807, 2.05) is 19.1 Å². The van der Waals surface area contributed by atoms with Crippen molar-refractivity contribution < 1.29 is 0 Å². The van der Waals surface area contributed by atoms with Crippen molar-refractivity contribution in [3.05, 3.63) is 30.0 Å². The van der Waals surface area contributed by atoms with Crippen LogP contribution in [0, 0.1) is 6.92 Å². The highest BCUT2D eigenvalue weighted by Gasteiger charge is 2.16. The van der Waals surface area contributed by atoms with Gasteiger partial charge in [-0.2, -0.15) is 5.10 Å². The topological polar surface area (TPSA) is 29.0 Å². The van der Waals surface area contributed by atoms with Gasteiger partial charge in [-0.1, -0.05) is 24.3 Å². The van der Waals surface area contributed by atoms with Crippen molar-refractivity contribution in [1.82, 2.24) is 10.2 Å². The number of benzene rings is 1. The van der Waals surface area contributed by atoms with E-state index in [1.54, 1.807) is 0 Å². The Morgan fingerprint density at radius 3 is 2.47 bits per heavy atom. The van der Waals surface area contributed by atoms with Gasteiger partial charge in [0.15, 0.2) is 5.82 Å². The predicted octanol–water partition coefficient (Wildman–Crippen LogP) is 3.78. The summed E-state index contributed by atoms with van der Waals surface area (Å²) in [5.41, 5.74) is 0.973. The van der Waals surface area contributed by atoms with Gasteiger partial charge >= 0.3 is 0 Å². The Balaban J connectivity index is 2.50. The van der Waals surface area contributed by atoms with Crippen LogP contribution in [0.4, 0.5) is 5.82 Å². The summed E-state index contributed by atoms with van der Waals surface area (Å²) in [6.45, 7) is 7.25. The minimum absolute atomic E-state index is 0.378. The van der Waals surface area contributed by atoms with Crippen LogP contribution < -0.4 is 4.90 Å². The molecule has 0 radical (unpaired) electrons. The molecule has 1 aromatic carbocycles. The highest BCUT2D eigenvalue weighted by atomic mass is 35.5. The summed E-state index contributed by atoms with van der Waals surface area (Å²) >= 11 is 5.82. The van der Waals surface area contributed by atoms with Crippen molar-refractivity contribution in [1.29, 1.82) is 0 Å². The van der Waals surface area contributed by atoms with E-state index in [4.69, 9.17) is 11.6 Å². The van der Waals surface area contributed by atoms with Gasteiger partial charge in [0, 0.05) is 29.2 Å². The smallest absolute Gasteiger partial charge is 0.159 e. The predicted molar refractivity (Wildman–Crippen MR) is 82.1 cm³/mol. The molecule has 0 spiro atoms. The molecule has 0 aliphatic carbocycles. The number of aromatic nitrogens is 2. The second-order valence-electron chi connectivity index (χ2n) is 4.98. The first kappa shape index (κ1) is 14.1. The van der Waals surface area contributed by atoms with E-state index in [2.05, 4.69) is 41.1 Å². The second kappa shape index (κ2) is 6.20. The SMILES string of the molecule is Cc1nnc(N(CCCCl)C(C)C)c2ccccc12. The first-order chi connectivity index (χ1) is 9.15. The number of hydrogen-bond donors (Lipinski definition) is 0. The van der Waals surface area contributed by atoms with Gasteiger partial charge in [-0.25, -0.2) is 0 Å². The minimum atomic E-state index is 0.378. The van der Waals surface area contributed by atoms with Crippen molar-refractivity contribution in [3.63, 3.8) is 0 Å². The highest BCUT2D eigenvalue weighted by Crippen LogP contribution is 2.26. The molecule has 0 bridgehead atoms. The van der Waals surface area contributed by atoms with Crippen LogP contribution in [-0.4, -0.2) is 28.7 Å². The zero-order valence-electron chi connectivity index (χ0n) is 11.7. The van der Waals surface area contributed by atoms with E-state index in [0.717, 1.165) is 24.5 Å². The normalized spacial score (nSPS) is 11.2. The maximum atomic E-state index is 5.82. The van der Waals surface area contributed by atoms with Crippen LogP contribution in [0.15, 0.2) is 24.3 Å². The second-order valence-corrected chi connectivity index (χ2v) is 5.36. The molecule has 2 rings (SSSR count). The Morgan fingerprint density at radius 1 is 1.16 bits per heavy atom. The fraction of sp³-hybridized carbons (Fsp3) is 0.467. The molecular formula is C15H20ClN3. The van der Waals surface area contributed by atoms with Gasteiger partial charge < -0.3 is 4.90 Å². The Hall–Kier alpha value is -1.35. The lowest BCUT2D eigenvalue weighted by molar-refractivity contribution is 0.660. The van der Waals surface area contributed by atoms with Crippen molar-refractivity contribution >= 4 is 28.2 Å². The van der Waals surface area contributed by atoms with Crippen LogP contribution in [-0.2, 0) is 0 Å². The molecule has 0 unspecified atom stereocenters. The summed E-state index contributed by atoms with van der Waals surface area (Å²) in [5.74, 6) is 1.63. The standard InChI is InChI=1S/C15H20ClN3/c1-11(2)19(10-6-9-16)15-14-8-5-4-7-13(14)12(3)17-18-15/h4-5,7-8,11H,6,9-10H2,1-3H3. The summed E-state index contributed by atoms with van der Waals surface area (Å²) in [7, 11) is 0. The van der Waals surface area contributed by atoms with Crippen LogP contribution in [0.2, 0.25) is 0 Å². The average Bonchev–Trinajstić information content (AvgIpc) is 2.41. The molecule has 1 aromatic heterocycles. The minimum Gasteiger partial charge on any atom is -0.352 e. The molecule has 0 saturated carbocycles. The van der Waals surface area contributed by atoms with Crippen LogP contribution in [0.5, 0.6) is 0 Å². The molecule has 0 saturated heterocycles. The van der Waals surface area contributed by atoms with Gasteiger partial charge in [-0.15, -0.1) is 16.7 Å². The molecule has 0 fully saturated rings. The quantitative estimate of drug-likeness (QED) is 0.779. The molecule has 1 heterocycles. The summed E-state index contributed by atoms with van der Waals surface area (Å²) < 4.78 is 0. The third-order valence-electron chi connectivity index (χ3n) is 3.28. The summed E-state index contributed by atoms with van der Waals surface area (Å²) in [6.07, 6.45) is 0.948. The number of alkyl halides is 1. The summed E-state index contributed by atoms with van der Waals surface area (Å²) in [6, 6.07) is 8.68. The maximum Gasteiger partial charge on any atom is 0.159 e. The molecule has 0 atom stereocenters. The van der Waals surface area contributed by atoms with Gasteiger partial charge in [0.1, 0.15) is 0 Å². The van der Waals surface area contributed by atoms with Crippen molar-refractivity contribution in [2.75, 3.05) is 17.3 Å². The number of rotatable bonds is 5. The van der Waals surface area contributed by atoms with Crippen molar-refractivity contribution in [2.45, 2.75) is 33.2 Å². The summed E-state index contributed by atoms with van der Waals surface area (Å²) in [5, 5.41) is 11.0. The Kier molecular flexibility index (Phi) is 4.59. The molecule has 0 N–H and O–H groups in total. The van der Waals surface area contributed by atoms with E-state index >= 15 is 0 Å². The van der Waals surface area contributed by atoms with Crippen molar-refractivity contribution in [3.8, 4) is 0 Å². The molecule has 3 nitrogen and oxygen atoms in total.